The van der Waals surface area contributed by atoms with E-state index >= 15 is 0 Å². The first-order valence-electron chi connectivity index (χ1n) is 4.18. The molecule has 0 spiro atoms. The van der Waals surface area contributed by atoms with E-state index in [9.17, 15) is 5.11 Å². The zero-order valence-corrected chi connectivity index (χ0v) is 7.22. The molecule has 0 saturated heterocycles. The van der Waals surface area contributed by atoms with Crippen LogP contribution >= 0.6 is 0 Å². The molecule has 0 unspecified atom stereocenters. The van der Waals surface area contributed by atoms with Gasteiger partial charge >= 0.3 is 0 Å². The fourth-order valence-corrected chi connectivity index (χ4v) is 2.30. The molecule has 0 aromatic heterocycles. The van der Waals surface area contributed by atoms with Gasteiger partial charge in [-0.3, -0.25) is 0 Å². The van der Waals surface area contributed by atoms with Crippen LogP contribution in [0, 0.1) is 11.3 Å². The molecule has 0 bridgehead atoms. The van der Waals surface area contributed by atoms with Gasteiger partial charge in [-0.2, -0.15) is 0 Å². The largest absolute Gasteiger partial charge is 0.393 e. The lowest BCUT2D eigenvalue weighted by atomic mass is 9.72. The first-order valence-corrected chi connectivity index (χ1v) is 4.18. The molecule has 0 heterocycles. The summed E-state index contributed by atoms with van der Waals surface area (Å²) in [5.41, 5.74) is 0.372. The summed E-state index contributed by atoms with van der Waals surface area (Å²) >= 11 is 0. The van der Waals surface area contributed by atoms with Crippen molar-refractivity contribution in [3.63, 3.8) is 0 Å². The number of rotatable bonds is 0. The molecule has 1 N–H and O–H groups in total. The number of hydrogen-bond acceptors (Lipinski definition) is 1. The summed E-state index contributed by atoms with van der Waals surface area (Å²) in [7, 11) is 0. The van der Waals surface area contributed by atoms with Gasteiger partial charge in [0.25, 0.3) is 0 Å². The van der Waals surface area contributed by atoms with E-state index in [0.717, 1.165) is 12.8 Å². The van der Waals surface area contributed by atoms with Crippen molar-refractivity contribution in [3.05, 3.63) is 0 Å². The molecule has 0 radical (unpaired) electrons. The van der Waals surface area contributed by atoms with E-state index < -0.39 is 0 Å². The van der Waals surface area contributed by atoms with Crippen molar-refractivity contribution in [1.82, 2.24) is 0 Å². The van der Waals surface area contributed by atoms with Crippen molar-refractivity contribution in [2.24, 2.45) is 11.3 Å². The van der Waals surface area contributed by atoms with Crippen molar-refractivity contribution in [1.29, 1.82) is 0 Å². The highest BCUT2D eigenvalue weighted by molar-refractivity contribution is 4.82. The normalized spacial score (nSPS) is 39.6. The van der Waals surface area contributed by atoms with Gasteiger partial charge in [0, 0.05) is 0 Å². The quantitative estimate of drug-likeness (QED) is 0.549. The molecule has 1 heteroatoms. The second kappa shape index (κ2) is 2.54. The number of aliphatic hydroxyl groups excluding tert-OH is 1. The molecule has 0 aliphatic heterocycles. The molecular weight excluding hydrogens is 124 g/mol. The first kappa shape index (κ1) is 8.06. The molecule has 0 aromatic carbocycles. The summed E-state index contributed by atoms with van der Waals surface area (Å²) in [4.78, 5) is 0. The Bertz CT molecular complexity index is 106. The fourth-order valence-electron chi connectivity index (χ4n) is 2.30. The van der Waals surface area contributed by atoms with Crippen LogP contribution in [0.15, 0.2) is 0 Å². The van der Waals surface area contributed by atoms with Gasteiger partial charge in [0.05, 0.1) is 6.10 Å². The van der Waals surface area contributed by atoms with E-state index in [2.05, 4.69) is 20.8 Å². The summed E-state index contributed by atoms with van der Waals surface area (Å²) in [6.07, 6.45) is 3.21. The Morgan fingerprint density at radius 1 is 1.30 bits per heavy atom. The molecule has 2 atom stereocenters. The summed E-state index contributed by atoms with van der Waals surface area (Å²) in [6.45, 7) is 6.71. The highest BCUT2D eigenvalue weighted by atomic mass is 16.3. The molecule has 1 nitrogen and oxygen atoms in total. The maximum absolute atomic E-state index is 9.42. The van der Waals surface area contributed by atoms with Gasteiger partial charge in [-0.05, 0) is 30.6 Å². The zero-order chi connectivity index (χ0) is 7.78. The Kier molecular flexibility index (Phi) is 2.04. The van der Waals surface area contributed by atoms with Crippen LogP contribution < -0.4 is 0 Å². The van der Waals surface area contributed by atoms with Crippen molar-refractivity contribution in [2.75, 3.05) is 0 Å². The van der Waals surface area contributed by atoms with Gasteiger partial charge < -0.3 is 5.11 Å². The van der Waals surface area contributed by atoms with Crippen LogP contribution in [0.1, 0.15) is 40.0 Å². The molecule has 0 aromatic rings. The summed E-state index contributed by atoms with van der Waals surface area (Å²) in [5, 5.41) is 9.42. The predicted octanol–water partition coefficient (Wildman–Crippen LogP) is 2.19. The molecule has 1 aliphatic rings. The van der Waals surface area contributed by atoms with Crippen LogP contribution in [0.25, 0.3) is 0 Å². The zero-order valence-electron chi connectivity index (χ0n) is 7.22. The number of hydrogen-bond donors (Lipinski definition) is 1. The van der Waals surface area contributed by atoms with Crippen molar-refractivity contribution in [3.8, 4) is 0 Å². The predicted molar refractivity (Wildman–Crippen MR) is 42.8 cm³/mol. The highest BCUT2D eigenvalue weighted by Crippen LogP contribution is 2.38. The Balaban J connectivity index is 2.51. The average Bonchev–Trinajstić information content (AvgIpc) is 1.54. The van der Waals surface area contributed by atoms with Crippen LogP contribution in [0.5, 0.6) is 0 Å². The molecule has 0 amide bonds. The molecular formula is C9H18O. The lowest BCUT2D eigenvalue weighted by Gasteiger charge is -2.36. The highest BCUT2D eigenvalue weighted by Gasteiger charge is 2.30. The lowest BCUT2D eigenvalue weighted by molar-refractivity contribution is 0.0394. The van der Waals surface area contributed by atoms with Gasteiger partial charge in [-0.25, -0.2) is 0 Å². The molecule has 1 fully saturated rings. The maximum Gasteiger partial charge on any atom is 0.0547 e. The first-order chi connectivity index (χ1) is 4.49. The second-order valence-corrected chi connectivity index (χ2v) is 4.57. The SMILES string of the molecule is C[C@H]1C[C@H](O)CC(C)(C)C1. The third kappa shape index (κ3) is 1.98. The van der Waals surface area contributed by atoms with E-state index in [0.29, 0.717) is 11.3 Å². The minimum Gasteiger partial charge on any atom is -0.393 e. The Labute approximate surface area is 63.4 Å². The van der Waals surface area contributed by atoms with Gasteiger partial charge in [0.2, 0.25) is 0 Å². The molecule has 10 heavy (non-hydrogen) atoms. The van der Waals surface area contributed by atoms with Crippen LogP contribution in [0.2, 0.25) is 0 Å². The van der Waals surface area contributed by atoms with Crippen LogP contribution in [-0.2, 0) is 0 Å². The van der Waals surface area contributed by atoms with Crippen LogP contribution in [0.3, 0.4) is 0 Å². The summed E-state index contributed by atoms with van der Waals surface area (Å²) in [6, 6.07) is 0. The summed E-state index contributed by atoms with van der Waals surface area (Å²) in [5.74, 6) is 0.707. The van der Waals surface area contributed by atoms with E-state index in [1.54, 1.807) is 0 Å². The Hall–Kier alpha value is -0.0400. The van der Waals surface area contributed by atoms with Gasteiger partial charge in [-0.15, -0.1) is 0 Å². The minimum absolute atomic E-state index is 0.0428. The number of aliphatic hydroxyl groups is 1. The molecule has 60 valence electrons. The summed E-state index contributed by atoms with van der Waals surface area (Å²) < 4.78 is 0. The molecule has 1 saturated carbocycles. The van der Waals surface area contributed by atoms with E-state index in [1.807, 2.05) is 0 Å². The van der Waals surface area contributed by atoms with Gasteiger partial charge in [0.15, 0.2) is 0 Å². The third-order valence-electron chi connectivity index (χ3n) is 2.36. The topological polar surface area (TPSA) is 20.2 Å². The lowest BCUT2D eigenvalue weighted by Crippen LogP contribution is -2.30. The van der Waals surface area contributed by atoms with Crippen molar-refractivity contribution >= 4 is 0 Å². The van der Waals surface area contributed by atoms with E-state index in [1.165, 1.54) is 6.42 Å². The molecule has 1 rings (SSSR count). The van der Waals surface area contributed by atoms with Crippen LogP contribution in [0.4, 0.5) is 0 Å². The third-order valence-corrected chi connectivity index (χ3v) is 2.36. The standard InChI is InChI=1S/C9H18O/c1-7-4-8(10)6-9(2,3)5-7/h7-8,10H,4-6H2,1-3H3/t7-,8-/m0/s1. The smallest absolute Gasteiger partial charge is 0.0547 e. The van der Waals surface area contributed by atoms with Crippen LogP contribution in [-0.4, -0.2) is 11.2 Å². The maximum atomic E-state index is 9.42. The molecule has 1 aliphatic carbocycles. The monoisotopic (exact) mass is 142 g/mol. The van der Waals surface area contributed by atoms with E-state index in [4.69, 9.17) is 0 Å². The average molecular weight is 142 g/mol. The fraction of sp³-hybridized carbons (Fsp3) is 1.00. The Morgan fingerprint density at radius 2 is 1.90 bits per heavy atom. The van der Waals surface area contributed by atoms with Crippen molar-refractivity contribution in [2.45, 2.75) is 46.1 Å². The van der Waals surface area contributed by atoms with Crippen molar-refractivity contribution < 1.29 is 5.11 Å². The minimum atomic E-state index is -0.0428. The van der Waals surface area contributed by atoms with Gasteiger partial charge in [0.1, 0.15) is 0 Å². The van der Waals surface area contributed by atoms with Gasteiger partial charge in [-0.1, -0.05) is 20.8 Å². The second-order valence-electron chi connectivity index (χ2n) is 4.57. The Morgan fingerprint density at radius 3 is 2.30 bits per heavy atom. The van der Waals surface area contributed by atoms with E-state index in [-0.39, 0.29) is 6.10 Å².